The van der Waals surface area contributed by atoms with Crippen molar-refractivity contribution in [3.63, 3.8) is 0 Å². The maximum Gasteiger partial charge on any atom is 0.262 e. The van der Waals surface area contributed by atoms with E-state index in [2.05, 4.69) is 20.4 Å². The fourth-order valence-electron chi connectivity index (χ4n) is 3.55. The Morgan fingerprint density at radius 2 is 1.97 bits per heavy atom. The lowest BCUT2D eigenvalue weighted by molar-refractivity contribution is -0.119. The Labute approximate surface area is 193 Å². The van der Waals surface area contributed by atoms with E-state index in [-0.39, 0.29) is 23.3 Å². The quantitative estimate of drug-likeness (QED) is 0.334. The second kappa shape index (κ2) is 8.99. The number of nitrogens with one attached hydrogen (secondary N) is 2. The van der Waals surface area contributed by atoms with E-state index in [1.54, 1.807) is 4.68 Å². The molecule has 1 aliphatic heterocycles. The van der Waals surface area contributed by atoms with Gasteiger partial charge >= 0.3 is 0 Å². The van der Waals surface area contributed by atoms with Gasteiger partial charge in [0.15, 0.2) is 22.3 Å². The molecular formula is C23H21N5O4S. The average Bonchev–Trinajstić information content (AvgIpc) is 3.27. The zero-order valence-electron chi connectivity index (χ0n) is 17.8. The van der Waals surface area contributed by atoms with Crippen molar-refractivity contribution < 1.29 is 14.3 Å². The number of nitrogens with zero attached hydrogens (tertiary/aromatic N) is 3. The third kappa shape index (κ3) is 4.42. The molecule has 2 aromatic carbocycles. The third-order valence-corrected chi connectivity index (χ3v) is 6.07. The maximum atomic E-state index is 12.6. The number of hydrogen-bond acceptors (Lipinski definition) is 7. The van der Waals surface area contributed by atoms with E-state index in [1.165, 1.54) is 6.20 Å². The molecule has 0 aliphatic carbocycles. The molecule has 9 nitrogen and oxygen atoms in total. The normalized spacial score (nSPS) is 13.6. The van der Waals surface area contributed by atoms with Crippen molar-refractivity contribution in [2.45, 2.75) is 18.1 Å². The van der Waals surface area contributed by atoms with Gasteiger partial charge in [-0.2, -0.15) is 5.10 Å². The molecule has 33 heavy (non-hydrogen) atoms. The van der Waals surface area contributed by atoms with Crippen LogP contribution in [0.2, 0.25) is 0 Å². The number of rotatable bonds is 6. The monoisotopic (exact) mass is 463 g/mol. The van der Waals surface area contributed by atoms with E-state index in [4.69, 9.17) is 9.47 Å². The molecule has 0 fully saturated rings. The molecular weight excluding hydrogens is 442 g/mol. The number of ether oxygens (including phenoxy) is 2. The van der Waals surface area contributed by atoms with Gasteiger partial charge in [-0.05, 0) is 36.8 Å². The lowest BCUT2D eigenvalue weighted by Gasteiger charge is -2.21. The molecule has 0 unspecified atom stereocenters. The van der Waals surface area contributed by atoms with Crippen molar-refractivity contribution in [1.29, 1.82) is 0 Å². The summed E-state index contributed by atoms with van der Waals surface area (Å²) in [4.78, 5) is 32.3. The smallest absolute Gasteiger partial charge is 0.262 e. The molecule has 4 aromatic rings. The van der Waals surface area contributed by atoms with Gasteiger partial charge in [-0.15, -0.1) is 0 Å². The minimum Gasteiger partial charge on any atom is -0.486 e. The summed E-state index contributed by atoms with van der Waals surface area (Å²) in [6, 6.07) is 14.9. The molecule has 2 aromatic heterocycles. The van der Waals surface area contributed by atoms with Gasteiger partial charge in [-0.1, -0.05) is 36.0 Å². The Balaban J connectivity index is 1.27. The highest BCUT2D eigenvalue weighted by molar-refractivity contribution is 7.99. The van der Waals surface area contributed by atoms with Crippen molar-refractivity contribution in [1.82, 2.24) is 25.1 Å². The second-order valence-electron chi connectivity index (χ2n) is 7.48. The van der Waals surface area contributed by atoms with E-state index in [0.717, 1.165) is 23.0 Å². The minimum absolute atomic E-state index is 0.100. The summed E-state index contributed by atoms with van der Waals surface area (Å²) in [7, 11) is 0. The van der Waals surface area contributed by atoms with Crippen LogP contribution in [-0.2, 0) is 4.79 Å². The van der Waals surface area contributed by atoms with Crippen LogP contribution in [0.25, 0.3) is 16.7 Å². The van der Waals surface area contributed by atoms with Crippen LogP contribution in [0.4, 0.5) is 0 Å². The van der Waals surface area contributed by atoms with Gasteiger partial charge in [-0.3, -0.25) is 9.59 Å². The zero-order chi connectivity index (χ0) is 22.8. The third-order valence-electron chi connectivity index (χ3n) is 5.20. The molecule has 0 saturated heterocycles. The molecule has 5 rings (SSSR count). The highest BCUT2D eigenvalue weighted by atomic mass is 32.2. The topological polar surface area (TPSA) is 111 Å². The van der Waals surface area contributed by atoms with Crippen LogP contribution < -0.4 is 20.3 Å². The molecule has 168 valence electrons. The molecule has 3 heterocycles. The maximum absolute atomic E-state index is 12.6. The Morgan fingerprint density at radius 1 is 1.18 bits per heavy atom. The Hall–Kier alpha value is -3.79. The largest absolute Gasteiger partial charge is 0.486 e. The van der Waals surface area contributed by atoms with E-state index >= 15 is 0 Å². The summed E-state index contributed by atoms with van der Waals surface area (Å²) in [5.74, 6) is 1.31. The lowest BCUT2D eigenvalue weighted by atomic mass is 10.1. The molecule has 0 saturated carbocycles. The molecule has 0 bridgehead atoms. The van der Waals surface area contributed by atoms with Crippen LogP contribution in [0, 0.1) is 0 Å². The number of hydrogen-bond donors (Lipinski definition) is 2. The fraction of sp³-hybridized carbons (Fsp3) is 0.217. The minimum atomic E-state index is -0.297. The predicted octanol–water partition coefficient (Wildman–Crippen LogP) is 2.85. The molecule has 1 atom stereocenters. The second-order valence-corrected chi connectivity index (χ2v) is 8.45. The number of carbonyl (C=O) groups is 1. The van der Waals surface area contributed by atoms with Crippen LogP contribution in [-0.4, -0.2) is 44.6 Å². The summed E-state index contributed by atoms with van der Waals surface area (Å²) in [6.45, 7) is 2.94. The average molecular weight is 464 g/mol. The van der Waals surface area contributed by atoms with Gasteiger partial charge in [-0.25, -0.2) is 9.67 Å². The first-order valence-electron chi connectivity index (χ1n) is 10.4. The van der Waals surface area contributed by atoms with Crippen molar-refractivity contribution in [2.24, 2.45) is 0 Å². The summed E-state index contributed by atoms with van der Waals surface area (Å²) in [5, 5.41) is 8.00. The first-order chi connectivity index (χ1) is 16.1. The standard InChI is InChI=1S/C23H21N5O4S/c1-14(15-7-8-18-19(11-15)32-10-9-31-18)25-20(29)13-33-23-26-21-17(22(30)27-23)12-24-28(21)16-5-3-2-4-6-16/h2-8,11-12,14H,9-10,13H2,1H3,(H,25,29)(H,26,27,30)/t14-/m1/s1. The van der Waals surface area contributed by atoms with E-state index < -0.39 is 0 Å². The first-order valence-corrected chi connectivity index (χ1v) is 11.4. The van der Waals surface area contributed by atoms with Gasteiger partial charge in [0, 0.05) is 0 Å². The van der Waals surface area contributed by atoms with Gasteiger partial charge in [0.25, 0.3) is 5.56 Å². The molecule has 0 radical (unpaired) electrons. The number of aromatic amines is 1. The fourth-order valence-corrected chi connectivity index (χ4v) is 4.22. The van der Waals surface area contributed by atoms with Gasteiger partial charge < -0.3 is 19.8 Å². The Bertz CT molecular complexity index is 1370. The number of thioether (sulfide) groups is 1. The Kier molecular flexibility index (Phi) is 5.74. The summed E-state index contributed by atoms with van der Waals surface area (Å²) < 4.78 is 12.8. The number of carbonyl (C=O) groups excluding carboxylic acids is 1. The van der Waals surface area contributed by atoms with Crippen molar-refractivity contribution in [3.05, 3.63) is 70.6 Å². The van der Waals surface area contributed by atoms with Crippen molar-refractivity contribution in [2.75, 3.05) is 19.0 Å². The zero-order valence-corrected chi connectivity index (χ0v) is 18.6. The molecule has 2 N–H and O–H groups in total. The number of H-pyrrole nitrogens is 1. The van der Waals surface area contributed by atoms with E-state index in [1.807, 2.05) is 55.5 Å². The summed E-state index contributed by atoms with van der Waals surface area (Å²) >= 11 is 1.16. The summed E-state index contributed by atoms with van der Waals surface area (Å²) in [6.07, 6.45) is 1.49. The van der Waals surface area contributed by atoms with Crippen LogP contribution in [0.15, 0.2) is 64.7 Å². The van der Waals surface area contributed by atoms with E-state index in [9.17, 15) is 9.59 Å². The van der Waals surface area contributed by atoms with E-state index in [0.29, 0.717) is 40.9 Å². The molecule has 1 amide bonds. The van der Waals surface area contributed by atoms with Crippen molar-refractivity contribution in [3.8, 4) is 17.2 Å². The Morgan fingerprint density at radius 3 is 2.79 bits per heavy atom. The van der Waals surface area contributed by atoms with Gasteiger partial charge in [0.1, 0.15) is 18.6 Å². The van der Waals surface area contributed by atoms with Crippen molar-refractivity contribution >= 4 is 28.7 Å². The van der Waals surface area contributed by atoms with Gasteiger partial charge in [0.2, 0.25) is 5.91 Å². The van der Waals surface area contributed by atoms with Crippen LogP contribution in [0.1, 0.15) is 18.5 Å². The number of amides is 1. The summed E-state index contributed by atoms with van der Waals surface area (Å²) in [5.41, 5.74) is 1.86. The molecule has 0 spiro atoms. The number of fused-ring (bicyclic) bond motifs is 2. The van der Waals surface area contributed by atoms with Crippen LogP contribution >= 0.6 is 11.8 Å². The highest BCUT2D eigenvalue weighted by Gasteiger charge is 2.17. The van der Waals surface area contributed by atoms with Crippen LogP contribution in [0.5, 0.6) is 11.5 Å². The number of aromatic nitrogens is 4. The predicted molar refractivity (Wildman–Crippen MR) is 124 cm³/mol. The highest BCUT2D eigenvalue weighted by Crippen LogP contribution is 2.32. The first kappa shape index (κ1) is 21.1. The number of para-hydroxylation sites is 1. The lowest BCUT2D eigenvalue weighted by Crippen LogP contribution is -2.28. The number of benzene rings is 2. The molecule has 10 heteroatoms. The van der Waals surface area contributed by atoms with Gasteiger partial charge in [0.05, 0.1) is 23.7 Å². The molecule has 1 aliphatic rings. The van der Waals surface area contributed by atoms with Crippen LogP contribution in [0.3, 0.4) is 0 Å². The SMILES string of the molecule is C[C@@H](NC(=O)CSc1nc2c(cnn2-c2ccccc2)c(=O)[nH]1)c1ccc2c(c1)OCCO2.